The predicted molar refractivity (Wildman–Crippen MR) is 92.6 cm³/mol. The van der Waals surface area contributed by atoms with Gasteiger partial charge in [-0.15, -0.1) is 0 Å². The minimum Gasteiger partial charge on any atom is -0.280 e. The van der Waals surface area contributed by atoms with Crippen molar-refractivity contribution < 1.29 is 8.78 Å². The molecule has 0 atom stereocenters. The molecule has 0 aliphatic heterocycles. The van der Waals surface area contributed by atoms with Gasteiger partial charge in [0.05, 0.1) is 6.67 Å². The summed E-state index contributed by atoms with van der Waals surface area (Å²) in [5, 5.41) is 4.44. The summed E-state index contributed by atoms with van der Waals surface area (Å²) in [6.07, 6.45) is 0. The summed E-state index contributed by atoms with van der Waals surface area (Å²) in [5.74, 6) is 0.338. The van der Waals surface area contributed by atoms with E-state index in [4.69, 9.17) is 0 Å². The number of halogens is 2. The Balaban J connectivity index is 1.86. The van der Waals surface area contributed by atoms with E-state index in [-0.39, 0.29) is 12.1 Å². The highest BCUT2D eigenvalue weighted by atomic mass is 19.1. The zero-order valence-corrected chi connectivity index (χ0v) is 14.3. The molecule has 0 saturated carbocycles. The van der Waals surface area contributed by atoms with E-state index in [1.165, 1.54) is 18.2 Å². The average molecular weight is 342 g/mol. The molecule has 1 aromatic heterocycles. The molecule has 25 heavy (non-hydrogen) atoms. The molecule has 0 bridgehead atoms. The first-order chi connectivity index (χ1) is 12.1. The van der Waals surface area contributed by atoms with Crippen LogP contribution in [0.3, 0.4) is 0 Å². The van der Waals surface area contributed by atoms with Crippen molar-refractivity contribution in [3.63, 3.8) is 0 Å². The number of aryl methyl sites for hydroxylation is 1. The van der Waals surface area contributed by atoms with Crippen LogP contribution in [0.4, 0.5) is 8.78 Å². The van der Waals surface area contributed by atoms with Gasteiger partial charge in [-0.1, -0.05) is 43.3 Å². The fourth-order valence-electron chi connectivity index (χ4n) is 2.71. The van der Waals surface area contributed by atoms with Gasteiger partial charge in [-0.3, -0.25) is 4.90 Å². The van der Waals surface area contributed by atoms with Crippen molar-refractivity contribution in [2.75, 3.05) is 6.54 Å². The molecule has 0 radical (unpaired) electrons. The van der Waals surface area contributed by atoms with Crippen LogP contribution < -0.4 is 0 Å². The maximum absolute atomic E-state index is 13.9. The van der Waals surface area contributed by atoms with Crippen LogP contribution >= 0.6 is 0 Å². The molecule has 0 fully saturated rings. The fraction of sp³-hybridized carbons (Fsp3) is 0.263. The highest BCUT2D eigenvalue weighted by molar-refractivity contribution is 5.54. The van der Waals surface area contributed by atoms with Crippen LogP contribution in [0.2, 0.25) is 0 Å². The molecular formula is C19H20F2N4. The summed E-state index contributed by atoms with van der Waals surface area (Å²) in [6.45, 7) is 4.97. The van der Waals surface area contributed by atoms with E-state index in [2.05, 4.69) is 10.1 Å². The zero-order valence-electron chi connectivity index (χ0n) is 14.3. The van der Waals surface area contributed by atoms with Gasteiger partial charge in [0.2, 0.25) is 0 Å². The van der Waals surface area contributed by atoms with Crippen LogP contribution in [0.25, 0.3) is 11.4 Å². The van der Waals surface area contributed by atoms with E-state index < -0.39 is 11.6 Å². The van der Waals surface area contributed by atoms with Crippen LogP contribution in [0.15, 0.2) is 48.5 Å². The molecule has 4 nitrogen and oxygen atoms in total. The van der Waals surface area contributed by atoms with Gasteiger partial charge in [0.15, 0.2) is 5.82 Å². The Bertz CT molecular complexity index is 826. The maximum atomic E-state index is 13.9. The van der Waals surface area contributed by atoms with Crippen LogP contribution in [0.5, 0.6) is 0 Å². The summed E-state index contributed by atoms with van der Waals surface area (Å²) in [5.41, 5.74) is 1.03. The smallest absolute Gasteiger partial charge is 0.159 e. The number of hydrogen-bond donors (Lipinski definition) is 0. The number of rotatable bonds is 6. The number of aromatic nitrogens is 3. The van der Waals surface area contributed by atoms with Gasteiger partial charge in [-0.2, -0.15) is 5.10 Å². The van der Waals surface area contributed by atoms with Gasteiger partial charge < -0.3 is 0 Å². The molecule has 130 valence electrons. The number of nitrogens with zero attached hydrogens (tertiary/aromatic N) is 4. The summed E-state index contributed by atoms with van der Waals surface area (Å²) in [7, 11) is 0. The molecule has 3 aromatic rings. The van der Waals surface area contributed by atoms with Gasteiger partial charge in [-0.25, -0.2) is 18.4 Å². The Kier molecular flexibility index (Phi) is 5.19. The molecular weight excluding hydrogens is 322 g/mol. The standard InChI is InChI=1S/C19H20F2N4/c1-3-24(12-16-17(20)10-7-11-18(16)21)13-25-19(22-14(2)23-25)15-8-5-4-6-9-15/h4-11H,3,12-13H2,1-2H3. The highest BCUT2D eigenvalue weighted by Gasteiger charge is 2.16. The second-order valence-corrected chi connectivity index (χ2v) is 5.83. The molecule has 0 aliphatic carbocycles. The Labute approximate surface area is 145 Å². The largest absolute Gasteiger partial charge is 0.280 e. The average Bonchev–Trinajstić information content (AvgIpc) is 2.98. The summed E-state index contributed by atoms with van der Waals surface area (Å²) in [4.78, 5) is 6.41. The Hall–Kier alpha value is -2.60. The summed E-state index contributed by atoms with van der Waals surface area (Å²) >= 11 is 0. The van der Waals surface area contributed by atoms with Crippen molar-refractivity contribution in [2.45, 2.75) is 27.1 Å². The predicted octanol–water partition coefficient (Wildman–Crippen LogP) is 4.01. The molecule has 0 saturated heterocycles. The monoisotopic (exact) mass is 342 g/mol. The minimum atomic E-state index is -0.531. The lowest BCUT2D eigenvalue weighted by atomic mass is 10.2. The molecule has 0 N–H and O–H groups in total. The first-order valence-electron chi connectivity index (χ1n) is 8.20. The van der Waals surface area contributed by atoms with Crippen molar-refractivity contribution in [1.29, 1.82) is 0 Å². The first-order valence-corrected chi connectivity index (χ1v) is 8.20. The first kappa shape index (κ1) is 17.2. The Morgan fingerprint density at radius 2 is 1.68 bits per heavy atom. The lowest BCUT2D eigenvalue weighted by Gasteiger charge is -2.21. The molecule has 1 heterocycles. The molecule has 6 heteroatoms. The van der Waals surface area contributed by atoms with Gasteiger partial charge in [0, 0.05) is 17.7 Å². The summed E-state index contributed by atoms with van der Waals surface area (Å²) < 4.78 is 29.6. The second-order valence-electron chi connectivity index (χ2n) is 5.83. The Morgan fingerprint density at radius 1 is 1.00 bits per heavy atom. The molecule has 0 unspecified atom stereocenters. The quantitative estimate of drug-likeness (QED) is 0.679. The van der Waals surface area contributed by atoms with Crippen LogP contribution in [-0.2, 0) is 13.2 Å². The zero-order chi connectivity index (χ0) is 17.8. The fourth-order valence-corrected chi connectivity index (χ4v) is 2.71. The van der Waals surface area contributed by atoms with E-state index in [1.807, 2.05) is 49.1 Å². The van der Waals surface area contributed by atoms with E-state index >= 15 is 0 Å². The number of benzene rings is 2. The Morgan fingerprint density at radius 3 is 2.32 bits per heavy atom. The van der Waals surface area contributed by atoms with E-state index in [0.29, 0.717) is 19.0 Å². The van der Waals surface area contributed by atoms with Crippen LogP contribution in [0.1, 0.15) is 18.3 Å². The van der Waals surface area contributed by atoms with E-state index in [1.54, 1.807) is 4.68 Å². The second kappa shape index (κ2) is 7.53. The molecule has 3 rings (SSSR count). The van der Waals surface area contributed by atoms with Crippen LogP contribution in [0, 0.1) is 18.6 Å². The third kappa shape index (κ3) is 3.91. The molecule has 0 amide bonds. The molecule has 0 aliphatic rings. The summed E-state index contributed by atoms with van der Waals surface area (Å²) in [6, 6.07) is 13.7. The van der Waals surface area contributed by atoms with Crippen molar-refractivity contribution in [3.05, 3.63) is 71.6 Å². The SMILES string of the molecule is CCN(Cc1c(F)cccc1F)Cn1nc(C)nc1-c1ccccc1. The highest BCUT2D eigenvalue weighted by Crippen LogP contribution is 2.19. The topological polar surface area (TPSA) is 34.0 Å². The van der Waals surface area contributed by atoms with Gasteiger partial charge >= 0.3 is 0 Å². The normalized spacial score (nSPS) is 11.2. The lowest BCUT2D eigenvalue weighted by molar-refractivity contribution is 0.205. The van der Waals surface area contributed by atoms with Crippen molar-refractivity contribution in [2.24, 2.45) is 0 Å². The third-order valence-electron chi connectivity index (χ3n) is 4.03. The van der Waals surface area contributed by atoms with Crippen LogP contribution in [-0.4, -0.2) is 26.2 Å². The number of hydrogen-bond acceptors (Lipinski definition) is 3. The van der Waals surface area contributed by atoms with Crippen molar-refractivity contribution in [1.82, 2.24) is 19.7 Å². The minimum absolute atomic E-state index is 0.0717. The molecule has 0 spiro atoms. The third-order valence-corrected chi connectivity index (χ3v) is 4.03. The van der Waals surface area contributed by atoms with Gasteiger partial charge in [-0.05, 0) is 25.6 Å². The van der Waals surface area contributed by atoms with E-state index in [9.17, 15) is 8.78 Å². The van der Waals surface area contributed by atoms with Crippen molar-refractivity contribution >= 4 is 0 Å². The lowest BCUT2D eigenvalue weighted by Crippen LogP contribution is -2.28. The van der Waals surface area contributed by atoms with Gasteiger partial charge in [0.25, 0.3) is 0 Å². The maximum Gasteiger partial charge on any atom is 0.159 e. The molecule has 2 aromatic carbocycles. The van der Waals surface area contributed by atoms with E-state index in [0.717, 1.165) is 11.4 Å². The van der Waals surface area contributed by atoms with Gasteiger partial charge in [0.1, 0.15) is 17.5 Å². The van der Waals surface area contributed by atoms with Crippen molar-refractivity contribution in [3.8, 4) is 11.4 Å².